The van der Waals surface area contributed by atoms with Crippen LogP contribution in [0.4, 0.5) is 18.9 Å². The molecule has 2 aliphatic rings. The maximum Gasteiger partial charge on any atom is 0.416 e. The average molecular weight is 537 g/mol. The molecule has 0 aliphatic carbocycles. The Morgan fingerprint density at radius 1 is 0.973 bits per heavy atom. The summed E-state index contributed by atoms with van der Waals surface area (Å²) in [5.41, 5.74) is -0.122. The molecule has 0 radical (unpaired) electrons. The van der Waals surface area contributed by atoms with Gasteiger partial charge in [-0.25, -0.2) is 13.3 Å². The molecule has 1 fully saturated rings. The predicted octanol–water partition coefficient (Wildman–Crippen LogP) is 4.11. The van der Waals surface area contributed by atoms with Crippen LogP contribution in [-0.4, -0.2) is 55.1 Å². The number of fused-ring (bicyclic) bond motifs is 1. The number of rotatable bonds is 6. The van der Waals surface area contributed by atoms with E-state index in [1.165, 1.54) is 12.1 Å². The van der Waals surface area contributed by atoms with Crippen LogP contribution in [0.1, 0.15) is 58.5 Å². The monoisotopic (exact) mass is 536 g/mol. The largest absolute Gasteiger partial charge is 0.416 e. The van der Waals surface area contributed by atoms with Gasteiger partial charge in [0.1, 0.15) is 0 Å². The number of likely N-dealkylation sites (tertiary alicyclic amines) is 1. The van der Waals surface area contributed by atoms with E-state index in [0.29, 0.717) is 31.5 Å². The van der Waals surface area contributed by atoms with Gasteiger partial charge in [-0.2, -0.15) is 13.2 Å². The van der Waals surface area contributed by atoms with Crippen molar-refractivity contribution in [2.45, 2.75) is 44.5 Å². The van der Waals surface area contributed by atoms with Gasteiger partial charge in [-0.3, -0.25) is 14.4 Å². The Labute approximate surface area is 213 Å². The first-order valence-corrected chi connectivity index (χ1v) is 13.7. The smallest absolute Gasteiger partial charge is 0.342 e. The zero-order valence-electron chi connectivity index (χ0n) is 20.4. The molecule has 0 saturated carbocycles. The van der Waals surface area contributed by atoms with Crippen LogP contribution in [0, 0.1) is 5.92 Å². The highest BCUT2D eigenvalue weighted by Gasteiger charge is 2.38. The van der Waals surface area contributed by atoms with Crippen LogP contribution in [0.2, 0.25) is 0 Å². The van der Waals surface area contributed by atoms with Crippen molar-refractivity contribution in [3.05, 3.63) is 64.7 Å². The van der Waals surface area contributed by atoms with Gasteiger partial charge < -0.3 is 4.90 Å². The van der Waals surface area contributed by atoms with E-state index in [2.05, 4.69) is 0 Å². The fourth-order valence-electron chi connectivity index (χ4n) is 4.59. The molecular formula is C26H27F3N2O5S. The highest BCUT2D eigenvalue weighted by atomic mass is 32.2. The van der Waals surface area contributed by atoms with Crippen molar-refractivity contribution in [2.24, 2.45) is 5.92 Å². The molecule has 0 atom stereocenters. The normalized spacial score (nSPS) is 17.0. The molecule has 0 aromatic heterocycles. The maximum absolute atomic E-state index is 13.0. The van der Waals surface area contributed by atoms with Crippen LogP contribution in [0.25, 0.3) is 0 Å². The Morgan fingerprint density at radius 2 is 1.57 bits per heavy atom. The summed E-state index contributed by atoms with van der Waals surface area (Å²) in [4.78, 5) is 41.1. The standard InChI is InChI=1S/C26H27F3N2O5S/c1-16(2)37(35,36)15-17-9-11-30(12-10-17)23(32)14-18-3-8-21-22(13-18)25(34)31(24(21)33)20-6-4-19(5-7-20)26(27,28)29/h3-8,13,16-17H,9-12,14-15H2,1-2H3. The Bertz CT molecular complexity index is 1330. The molecule has 2 aromatic carbocycles. The lowest BCUT2D eigenvalue weighted by molar-refractivity contribution is -0.137. The first kappa shape index (κ1) is 26.8. The number of nitrogens with zero attached hydrogens (tertiary/aromatic N) is 2. The lowest BCUT2D eigenvalue weighted by atomic mass is 9.98. The predicted molar refractivity (Wildman–Crippen MR) is 131 cm³/mol. The van der Waals surface area contributed by atoms with Gasteiger partial charge >= 0.3 is 6.18 Å². The Morgan fingerprint density at radius 3 is 2.14 bits per heavy atom. The molecule has 11 heteroatoms. The molecule has 2 aromatic rings. The van der Waals surface area contributed by atoms with Gasteiger partial charge in [0.15, 0.2) is 9.84 Å². The maximum atomic E-state index is 13.0. The molecule has 3 amide bonds. The molecule has 0 unspecified atom stereocenters. The number of imide groups is 1. The van der Waals surface area contributed by atoms with Gasteiger partial charge in [0.25, 0.3) is 11.8 Å². The number of anilines is 1. The van der Waals surface area contributed by atoms with Crippen molar-refractivity contribution in [1.29, 1.82) is 0 Å². The SMILES string of the molecule is CC(C)S(=O)(=O)CC1CCN(C(=O)Cc2ccc3c(c2)C(=O)N(c2ccc(C(F)(F)F)cc2)C3=O)CC1. The summed E-state index contributed by atoms with van der Waals surface area (Å²) in [6.45, 7) is 4.21. The third-order valence-electron chi connectivity index (χ3n) is 6.91. The van der Waals surface area contributed by atoms with E-state index < -0.39 is 38.6 Å². The zero-order chi connectivity index (χ0) is 27.1. The number of hydrogen-bond donors (Lipinski definition) is 0. The summed E-state index contributed by atoms with van der Waals surface area (Å²) in [5.74, 6) is -1.35. The van der Waals surface area contributed by atoms with E-state index >= 15 is 0 Å². The van der Waals surface area contributed by atoms with E-state index in [4.69, 9.17) is 0 Å². The van der Waals surface area contributed by atoms with Crippen LogP contribution < -0.4 is 4.90 Å². The Balaban J connectivity index is 1.41. The number of amides is 3. The lowest BCUT2D eigenvalue weighted by Gasteiger charge is -2.32. The van der Waals surface area contributed by atoms with Crippen molar-refractivity contribution in [2.75, 3.05) is 23.7 Å². The van der Waals surface area contributed by atoms with E-state index in [1.807, 2.05) is 0 Å². The van der Waals surface area contributed by atoms with Gasteiger partial charge in [0.05, 0.1) is 39.8 Å². The molecule has 198 valence electrons. The number of piperidine rings is 1. The number of sulfone groups is 1. The lowest BCUT2D eigenvalue weighted by Crippen LogP contribution is -2.41. The van der Waals surface area contributed by atoms with Crippen LogP contribution in [0.15, 0.2) is 42.5 Å². The van der Waals surface area contributed by atoms with Gasteiger partial charge in [0, 0.05) is 13.1 Å². The van der Waals surface area contributed by atoms with Gasteiger partial charge in [0.2, 0.25) is 5.91 Å². The second kappa shape index (κ2) is 9.92. The van der Waals surface area contributed by atoms with Crippen LogP contribution in [0.3, 0.4) is 0 Å². The van der Waals surface area contributed by atoms with Gasteiger partial charge in [-0.05, 0) is 74.6 Å². The molecule has 0 N–H and O–H groups in total. The number of carbonyl (C=O) groups excluding carboxylic acids is 3. The van der Waals surface area contributed by atoms with E-state index in [-0.39, 0.29) is 40.8 Å². The minimum Gasteiger partial charge on any atom is -0.342 e. The van der Waals surface area contributed by atoms with Crippen molar-refractivity contribution < 1.29 is 36.0 Å². The third-order valence-corrected chi connectivity index (χ3v) is 9.29. The summed E-state index contributed by atoms with van der Waals surface area (Å²) >= 11 is 0. The fraction of sp³-hybridized carbons (Fsp3) is 0.423. The Kier molecular flexibility index (Phi) is 7.20. The minimum absolute atomic E-state index is 0.00396. The second-order valence-corrected chi connectivity index (χ2v) is 12.4. The van der Waals surface area contributed by atoms with Crippen molar-refractivity contribution in [3.8, 4) is 0 Å². The van der Waals surface area contributed by atoms with Crippen molar-refractivity contribution >= 4 is 33.2 Å². The molecule has 0 spiro atoms. The molecule has 2 heterocycles. The minimum atomic E-state index is -4.54. The average Bonchev–Trinajstić information content (AvgIpc) is 3.08. The first-order chi connectivity index (χ1) is 17.3. The zero-order valence-corrected chi connectivity index (χ0v) is 21.2. The topological polar surface area (TPSA) is 91.8 Å². The number of benzene rings is 2. The number of alkyl halides is 3. The highest BCUT2D eigenvalue weighted by Crippen LogP contribution is 2.33. The van der Waals surface area contributed by atoms with E-state index in [0.717, 1.165) is 29.2 Å². The molecule has 1 saturated heterocycles. The van der Waals surface area contributed by atoms with Crippen LogP contribution >= 0.6 is 0 Å². The van der Waals surface area contributed by atoms with Gasteiger partial charge in [-0.15, -0.1) is 0 Å². The van der Waals surface area contributed by atoms with Crippen LogP contribution in [0.5, 0.6) is 0 Å². The molecular weight excluding hydrogens is 509 g/mol. The van der Waals surface area contributed by atoms with Crippen LogP contribution in [-0.2, 0) is 27.2 Å². The molecule has 7 nitrogen and oxygen atoms in total. The molecule has 37 heavy (non-hydrogen) atoms. The van der Waals surface area contributed by atoms with Crippen molar-refractivity contribution in [1.82, 2.24) is 4.90 Å². The number of carbonyl (C=O) groups is 3. The third kappa shape index (κ3) is 5.56. The summed E-state index contributed by atoms with van der Waals surface area (Å²) in [6, 6.07) is 8.27. The summed E-state index contributed by atoms with van der Waals surface area (Å²) in [6.07, 6.45) is -3.35. The first-order valence-electron chi connectivity index (χ1n) is 12.0. The summed E-state index contributed by atoms with van der Waals surface area (Å²) in [5, 5.41) is -0.434. The molecule has 2 aliphatic heterocycles. The number of halogens is 3. The summed E-state index contributed by atoms with van der Waals surface area (Å²) < 4.78 is 62.9. The molecule has 0 bridgehead atoms. The second-order valence-electron chi connectivity index (χ2n) is 9.75. The molecule has 4 rings (SSSR count). The fourth-order valence-corrected chi connectivity index (χ4v) is 5.96. The van der Waals surface area contributed by atoms with Crippen molar-refractivity contribution in [3.63, 3.8) is 0 Å². The highest BCUT2D eigenvalue weighted by molar-refractivity contribution is 7.91. The summed E-state index contributed by atoms with van der Waals surface area (Å²) in [7, 11) is -3.15. The quantitative estimate of drug-likeness (QED) is 0.519. The number of hydrogen-bond acceptors (Lipinski definition) is 5. The van der Waals surface area contributed by atoms with E-state index in [1.54, 1.807) is 24.8 Å². The Hall–Kier alpha value is -3.21. The van der Waals surface area contributed by atoms with E-state index in [9.17, 15) is 36.0 Å². The van der Waals surface area contributed by atoms with Gasteiger partial charge in [-0.1, -0.05) is 6.07 Å².